The summed E-state index contributed by atoms with van der Waals surface area (Å²) in [4.78, 5) is 0. The predicted molar refractivity (Wildman–Crippen MR) is 65.2 cm³/mol. The molecule has 0 heterocycles. The maximum atomic E-state index is 12.4. The smallest absolute Gasteiger partial charge is 0.166 e. The molecule has 0 aromatic heterocycles. The molecule has 2 rings (SSSR count). The zero-order valence-electron chi connectivity index (χ0n) is 9.36. The first-order valence-corrected chi connectivity index (χ1v) is 6.79. The van der Waals surface area contributed by atoms with Gasteiger partial charge in [-0.1, -0.05) is 34.5 Å². The lowest BCUT2D eigenvalue weighted by Crippen LogP contribution is -2.33. The van der Waals surface area contributed by atoms with Gasteiger partial charge in [0.05, 0.1) is 5.56 Å². The lowest BCUT2D eigenvalue weighted by Gasteiger charge is -2.40. The average molecular weight is 307 g/mol. The minimum absolute atomic E-state index is 0.278. The molecule has 0 unspecified atom stereocenters. The first-order valence-electron chi connectivity index (χ1n) is 5.67. The molecule has 0 amide bonds. The summed E-state index contributed by atoms with van der Waals surface area (Å²) in [5.41, 5.74) is 0.708. The maximum Gasteiger partial charge on any atom is 0.416 e. The highest BCUT2D eigenvalue weighted by molar-refractivity contribution is 9.09. The Kier molecular flexibility index (Phi) is 3.53. The van der Waals surface area contributed by atoms with Crippen molar-refractivity contribution in [3.8, 4) is 0 Å². The highest BCUT2D eigenvalue weighted by Gasteiger charge is 2.36. The van der Waals surface area contributed by atoms with Gasteiger partial charge in [0.25, 0.3) is 0 Å². The van der Waals surface area contributed by atoms with Crippen molar-refractivity contribution in [2.24, 2.45) is 5.41 Å². The average Bonchev–Trinajstić information content (AvgIpc) is 2.23. The molecular weight excluding hydrogens is 293 g/mol. The third-order valence-corrected chi connectivity index (χ3v) is 4.75. The minimum Gasteiger partial charge on any atom is -0.166 e. The van der Waals surface area contributed by atoms with Crippen LogP contribution in [0.1, 0.15) is 30.4 Å². The van der Waals surface area contributed by atoms with E-state index < -0.39 is 11.7 Å². The Hall–Kier alpha value is -0.510. The zero-order valence-corrected chi connectivity index (χ0v) is 10.9. The predicted octanol–water partition coefficient (Wildman–Crippen LogP) is 4.81. The van der Waals surface area contributed by atoms with Gasteiger partial charge in [-0.05, 0) is 42.4 Å². The molecule has 0 atom stereocenters. The topological polar surface area (TPSA) is 0 Å². The van der Waals surface area contributed by atoms with Crippen LogP contribution < -0.4 is 0 Å². The SMILES string of the molecule is FC(F)(F)c1ccc(CC2(CBr)CCC2)cc1. The van der Waals surface area contributed by atoms with E-state index in [0.29, 0.717) is 0 Å². The summed E-state index contributed by atoms with van der Waals surface area (Å²) in [5.74, 6) is 0. The van der Waals surface area contributed by atoms with Crippen LogP contribution in [-0.4, -0.2) is 5.33 Å². The summed E-state index contributed by atoms with van der Waals surface area (Å²) in [5, 5.41) is 0.932. The van der Waals surface area contributed by atoms with E-state index in [1.165, 1.54) is 31.4 Å². The molecule has 0 spiro atoms. The second kappa shape index (κ2) is 4.63. The zero-order chi connectivity index (χ0) is 12.5. The van der Waals surface area contributed by atoms with Crippen molar-refractivity contribution < 1.29 is 13.2 Å². The molecule has 1 aromatic rings. The Morgan fingerprint density at radius 2 is 1.71 bits per heavy atom. The van der Waals surface area contributed by atoms with Crippen molar-refractivity contribution in [3.63, 3.8) is 0 Å². The van der Waals surface area contributed by atoms with Crippen molar-refractivity contribution in [1.82, 2.24) is 0 Å². The lowest BCUT2D eigenvalue weighted by molar-refractivity contribution is -0.137. The molecule has 1 saturated carbocycles. The van der Waals surface area contributed by atoms with Gasteiger partial charge < -0.3 is 0 Å². The van der Waals surface area contributed by atoms with Crippen LogP contribution in [0.15, 0.2) is 24.3 Å². The summed E-state index contributed by atoms with van der Waals surface area (Å²) < 4.78 is 37.2. The highest BCUT2D eigenvalue weighted by Crippen LogP contribution is 2.45. The maximum absolute atomic E-state index is 12.4. The Bertz CT molecular complexity index is 371. The molecular formula is C13H14BrF3. The van der Waals surface area contributed by atoms with Crippen LogP contribution >= 0.6 is 15.9 Å². The fourth-order valence-corrected chi connectivity index (χ4v) is 3.04. The molecule has 1 aliphatic rings. The number of alkyl halides is 4. The van der Waals surface area contributed by atoms with Gasteiger partial charge in [0.15, 0.2) is 0 Å². The molecule has 17 heavy (non-hydrogen) atoms. The van der Waals surface area contributed by atoms with Crippen molar-refractivity contribution in [2.45, 2.75) is 31.9 Å². The Morgan fingerprint density at radius 1 is 1.12 bits per heavy atom. The molecule has 94 valence electrons. The molecule has 0 saturated heterocycles. The normalized spacial score (nSPS) is 18.8. The fourth-order valence-electron chi connectivity index (χ4n) is 2.28. The van der Waals surface area contributed by atoms with Gasteiger partial charge in [-0.3, -0.25) is 0 Å². The molecule has 0 bridgehead atoms. The quantitative estimate of drug-likeness (QED) is 0.703. The van der Waals surface area contributed by atoms with Crippen molar-refractivity contribution >= 4 is 15.9 Å². The van der Waals surface area contributed by atoms with Crippen LogP contribution in [0.2, 0.25) is 0 Å². The van der Waals surface area contributed by atoms with Crippen LogP contribution in [0.25, 0.3) is 0 Å². The van der Waals surface area contributed by atoms with Gasteiger partial charge >= 0.3 is 6.18 Å². The molecule has 0 N–H and O–H groups in total. The van der Waals surface area contributed by atoms with Gasteiger partial charge in [0.1, 0.15) is 0 Å². The third kappa shape index (κ3) is 2.84. The van der Waals surface area contributed by atoms with E-state index in [9.17, 15) is 13.2 Å². The van der Waals surface area contributed by atoms with Crippen LogP contribution in [0.5, 0.6) is 0 Å². The summed E-state index contributed by atoms with van der Waals surface area (Å²) in [6.07, 6.45) is 0.198. The number of hydrogen-bond acceptors (Lipinski definition) is 0. The fraction of sp³-hybridized carbons (Fsp3) is 0.538. The summed E-state index contributed by atoms with van der Waals surface area (Å²) in [6, 6.07) is 5.56. The van der Waals surface area contributed by atoms with E-state index in [2.05, 4.69) is 15.9 Å². The van der Waals surface area contributed by atoms with Crippen molar-refractivity contribution in [3.05, 3.63) is 35.4 Å². The van der Waals surface area contributed by atoms with E-state index in [1.807, 2.05) is 0 Å². The molecule has 0 radical (unpaired) electrons. The molecule has 0 nitrogen and oxygen atoms in total. The standard InChI is InChI=1S/C13H14BrF3/c14-9-12(6-1-7-12)8-10-2-4-11(5-3-10)13(15,16)17/h2-5H,1,6-9H2. The summed E-state index contributed by atoms with van der Waals surface area (Å²) in [7, 11) is 0. The minimum atomic E-state index is -4.23. The molecule has 1 aliphatic carbocycles. The molecule has 4 heteroatoms. The van der Waals surface area contributed by atoms with Gasteiger partial charge in [-0.25, -0.2) is 0 Å². The second-order valence-electron chi connectivity index (χ2n) is 4.86. The van der Waals surface area contributed by atoms with Gasteiger partial charge in [0.2, 0.25) is 0 Å². The second-order valence-corrected chi connectivity index (χ2v) is 5.42. The monoisotopic (exact) mass is 306 g/mol. The number of hydrogen-bond donors (Lipinski definition) is 0. The van der Waals surface area contributed by atoms with E-state index in [-0.39, 0.29) is 5.41 Å². The van der Waals surface area contributed by atoms with E-state index in [4.69, 9.17) is 0 Å². The van der Waals surface area contributed by atoms with Crippen LogP contribution in [0.3, 0.4) is 0 Å². The number of halogens is 4. The summed E-state index contributed by atoms with van der Waals surface area (Å²) >= 11 is 3.51. The van der Waals surface area contributed by atoms with Gasteiger partial charge in [-0.2, -0.15) is 13.2 Å². The Morgan fingerprint density at radius 3 is 2.06 bits per heavy atom. The largest absolute Gasteiger partial charge is 0.416 e. The number of benzene rings is 1. The Labute approximate surface area is 107 Å². The first-order chi connectivity index (χ1) is 7.95. The third-order valence-electron chi connectivity index (χ3n) is 3.56. The first kappa shape index (κ1) is 12.9. The van der Waals surface area contributed by atoms with Crippen LogP contribution in [0, 0.1) is 5.41 Å². The van der Waals surface area contributed by atoms with E-state index >= 15 is 0 Å². The molecule has 1 fully saturated rings. The molecule has 1 aromatic carbocycles. The van der Waals surface area contributed by atoms with Crippen molar-refractivity contribution in [2.75, 3.05) is 5.33 Å². The van der Waals surface area contributed by atoms with Crippen LogP contribution in [0.4, 0.5) is 13.2 Å². The number of rotatable bonds is 3. The summed E-state index contributed by atoms with van der Waals surface area (Å²) in [6.45, 7) is 0. The lowest BCUT2D eigenvalue weighted by atomic mass is 9.67. The van der Waals surface area contributed by atoms with E-state index in [1.54, 1.807) is 12.1 Å². The van der Waals surface area contributed by atoms with Crippen molar-refractivity contribution in [1.29, 1.82) is 0 Å². The van der Waals surface area contributed by atoms with Gasteiger partial charge in [0, 0.05) is 5.33 Å². The molecule has 0 aliphatic heterocycles. The highest BCUT2D eigenvalue weighted by atomic mass is 79.9. The van der Waals surface area contributed by atoms with Gasteiger partial charge in [-0.15, -0.1) is 0 Å². The Balaban J connectivity index is 2.08. The van der Waals surface area contributed by atoms with Crippen LogP contribution in [-0.2, 0) is 12.6 Å². The van der Waals surface area contributed by atoms with E-state index in [0.717, 1.165) is 17.3 Å².